The molecular weight excluding hydrogens is 444 g/mol. The molecule has 192 valence electrons. The lowest BCUT2D eigenvalue weighted by molar-refractivity contribution is -0.225. The molecule has 0 amide bonds. The highest BCUT2D eigenvalue weighted by molar-refractivity contribution is 6.76. The summed E-state index contributed by atoms with van der Waals surface area (Å²) in [6, 6.07) is 2.12. The predicted octanol–water partition coefficient (Wildman–Crippen LogP) is 4.74. The third-order valence-electron chi connectivity index (χ3n) is 5.55. The van der Waals surface area contributed by atoms with Crippen LogP contribution in [0, 0.1) is 5.92 Å². The van der Waals surface area contributed by atoms with Crippen LogP contribution in [0.15, 0.2) is 0 Å². The van der Waals surface area contributed by atoms with Crippen LogP contribution >= 0.6 is 0 Å². The third kappa shape index (κ3) is 15.5. The summed E-state index contributed by atoms with van der Waals surface area (Å²) in [7, 11) is -0.979. The number of hydrogen-bond donors (Lipinski definition) is 1. The van der Waals surface area contributed by atoms with Crippen LogP contribution in [0.1, 0.15) is 33.1 Å². The first-order valence-corrected chi connectivity index (χ1v) is 19.2. The summed E-state index contributed by atoms with van der Waals surface area (Å²) in [6.45, 7) is 19.5. The molecule has 0 unspecified atom stereocenters. The predicted molar refractivity (Wildman–Crippen MR) is 134 cm³/mol. The van der Waals surface area contributed by atoms with E-state index in [0.717, 1.165) is 12.1 Å². The number of rotatable bonds is 19. The van der Waals surface area contributed by atoms with E-state index >= 15 is 0 Å². The van der Waals surface area contributed by atoms with Gasteiger partial charge in [0.1, 0.15) is 13.6 Å². The second kappa shape index (κ2) is 15.6. The molecule has 7 nitrogen and oxygen atoms in total. The van der Waals surface area contributed by atoms with E-state index in [1.807, 2.05) is 13.8 Å². The Morgan fingerprint density at radius 1 is 0.969 bits per heavy atom. The number of esters is 1. The fraction of sp³-hybridized carbons (Fsp3) is 0.957. The fourth-order valence-corrected chi connectivity index (χ4v) is 4.73. The van der Waals surface area contributed by atoms with Crippen LogP contribution in [0.5, 0.6) is 0 Å². The molecule has 0 bridgehead atoms. The van der Waals surface area contributed by atoms with E-state index in [2.05, 4.69) is 39.3 Å². The van der Waals surface area contributed by atoms with Crippen molar-refractivity contribution in [3.05, 3.63) is 0 Å². The number of ether oxygens (including phenoxy) is 5. The lowest BCUT2D eigenvalue weighted by atomic mass is 9.84. The Kier molecular flexibility index (Phi) is 15.4. The van der Waals surface area contributed by atoms with Crippen molar-refractivity contribution >= 4 is 22.1 Å². The number of hydrogen-bond acceptors (Lipinski definition) is 7. The third-order valence-corrected chi connectivity index (χ3v) is 8.96. The number of carbonyl (C=O) groups excluding carboxylic acids is 1. The Bertz CT molecular complexity index is 506. The van der Waals surface area contributed by atoms with Crippen LogP contribution in [0.2, 0.25) is 51.4 Å². The summed E-state index contributed by atoms with van der Waals surface area (Å²) in [6.07, 6.45) is 0.829. The van der Waals surface area contributed by atoms with Crippen LogP contribution in [-0.2, 0) is 28.5 Å². The zero-order chi connectivity index (χ0) is 24.8. The Morgan fingerprint density at radius 3 is 1.97 bits per heavy atom. The van der Waals surface area contributed by atoms with Crippen molar-refractivity contribution in [2.45, 2.75) is 96.2 Å². The maximum absolute atomic E-state index is 11.9. The summed E-state index contributed by atoms with van der Waals surface area (Å²) in [5.74, 6) is -0.287. The standard InChI is InChI=1S/C23H50O7Si2/c1-20(11-13-24)22(29-18-27-14-16-31(4,5)6)23(2,12-10-21(25)26-3)30-19-28-15-17-32(7,8)9/h20,22,24H,10-19H2,1-9H3/t20-,22-,23+/m0/s1. The van der Waals surface area contributed by atoms with Crippen molar-refractivity contribution in [2.75, 3.05) is 40.5 Å². The van der Waals surface area contributed by atoms with Crippen LogP contribution in [0.25, 0.3) is 0 Å². The SMILES string of the molecule is COC(=O)CC[C@@](C)(OCOCC[Si](C)(C)C)[C@@H](OCOCC[Si](C)(C)C)[C@@H](C)CCO. The summed E-state index contributed by atoms with van der Waals surface area (Å²) in [5, 5.41) is 9.51. The Labute approximate surface area is 198 Å². The average Bonchev–Trinajstić information content (AvgIpc) is 2.66. The highest BCUT2D eigenvalue weighted by atomic mass is 28.3. The fourth-order valence-electron chi connectivity index (χ4n) is 3.22. The Hall–Kier alpha value is -0.296. The first kappa shape index (κ1) is 31.7. The lowest BCUT2D eigenvalue weighted by Gasteiger charge is -2.40. The highest BCUT2D eigenvalue weighted by Gasteiger charge is 2.40. The number of methoxy groups -OCH3 is 1. The molecule has 0 saturated heterocycles. The number of aliphatic hydroxyl groups excluding tert-OH is 1. The summed E-state index contributed by atoms with van der Waals surface area (Å²) < 4.78 is 28.8. The normalized spacial score (nSPS) is 16.4. The molecule has 0 aromatic rings. The van der Waals surface area contributed by atoms with E-state index in [4.69, 9.17) is 23.7 Å². The number of carbonyl (C=O) groups is 1. The van der Waals surface area contributed by atoms with E-state index in [1.165, 1.54) is 7.11 Å². The minimum absolute atomic E-state index is 0.00483. The zero-order valence-corrected chi connectivity index (χ0v) is 24.1. The van der Waals surface area contributed by atoms with Gasteiger partial charge in [0.2, 0.25) is 0 Å². The molecule has 9 heteroatoms. The van der Waals surface area contributed by atoms with Crippen LogP contribution < -0.4 is 0 Å². The van der Waals surface area contributed by atoms with Crippen LogP contribution in [0.3, 0.4) is 0 Å². The highest BCUT2D eigenvalue weighted by Crippen LogP contribution is 2.31. The van der Waals surface area contributed by atoms with E-state index < -0.39 is 21.7 Å². The smallest absolute Gasteiger partial charge is 0.305 e. The van der Waals surface area contributed by atoms with E-state index in [0.29, 0.717) is 26.1 Å². The Balaban J connectivity index is 5.17. The van der Waals surface area contributed by atoms with Gasteiger partial charge < -0.3 is 28.8 Å². The van der Waals surface area contributed by atoms with Gasteiger partial charge in [0.15, 0.2) is 0 Å². The van der Waals surface area contributed by atoms with Crippen molar-refractivity contribution in [2.24, 2.45) is 5.92 Å². The first-order chi connectivity index (χ1) is 14.7. The quantitative estimate of drug-likeness (QED) is 0.120. The summed E-state index contributed by atoms with van der Waals surface area (Å²) in [4.78, 5) is 11.9. The van der Waals surface area contributed by atoms with Gasteiger partial charge in [0, 0.05) is 42.4 Å². The molecule has 32 heavy (non-hydrogen) atoms. The second-order valence-corrected chi connectivity index (χ2v) is 22.5. The number of aliphatic hydroxyl groups is 1. The van der Waals surface area contributed by atoms with E-state index in [1.54, 1.807) is 0 Å². The molecule has 0 spiro atoms. The minimum Gasteiger partial charge on any atom is -0.469 e. The van der Waals surface area contributed by atoms with E-state index in [-0.39, 0.29) is 44.6 Å². The largest absolute Gasteiger partial charge is 0.469 e. The van der Waals surface area contributed by atoms with E-state index in [9.17, 15) is 9.90 Å². The maximum atomic E-state index is 11.9. The van der Waals surface area contributed by atoms with Crippen LogP contribution in [-0.4, -0.2) is 79.4 Å². The summed E-state index contributed by atoms with van der Waals surface area (Å²) >= 11 is 0. The van der Waals surface area contributed by atoms with Gasteiger partial charge in [-0.05, 0) is 37.8 Å². The summed E-state index contributed by atoms with van der Waals surface area (Å²) in [5.41, 5.74) is -0.788. The van der Waals surface area contributed by atoms with Crippen molar-refractivity contribution < 1.29 is 33.6 Å². The molecule has 0 heterocycles. The van der Waals surface area contributed by atoms with Gasteiger partial charge in [-0.2, -0.15) is 0 Å². The van der Waals surface area contributed by atoms with Crippen LogP contribution in [0.4, 0.5) is 0 Å². The van der Waals surface area contributed by atoms with Crippen molar-refractivity contribution in [3.63, 3.8) is 0 Å². The molecule has 1 N–H and O–H groups in total. The minimum atomic E-state index is -1.19. The van der Waals surface area contributed by atoms with Gasteiger partial charge in [-0.15, -0.1) is 0 Å². The zero-order valence-electron chi connectivity index (χ0n) is 22.1. The van der Waals surface area contributed by atoms with Gasteiger partial charge in [0.05, 0.1) is 18.8 Å². The molecule has 0 aromatic carbocycles. The topological polar surface area (TPSA) is 83.5 Å². The molecule has 0 radical (unpaired) electrons. The lowest BCUT2D eigenvalue weighted by Crippen LogP contribution is -2.49. The molecule has 0 aliphatic rings. The van der Waals surface area contributed by atoms with Crippen molar-refractivity contribution in [3.8, 4) is 0 Å². The Morgan fingerprint density at radius 2 is 1.50 bits per heavy atom. The molecule has 0 aliphatic carbocycles. The maximum Gasteiger partial charge on any atom is 0.305 e. The van der Waals surface area contributed by atoms with Crippen molar-refractivity contribution in [1.82, 2.24) is 0 Å². The average molecular weight is 495 g/mol. The molecule has 0 aliphatic heterocycles. The molecule has 0 saturated carbocycles. The molecule has 3 atom stereocenters. The molecule has 0 rings (SSSR count). The van der Waals surface area contributed by atoms with Crippen molar-refractivity contribution in [1.29, 1.82) is 0 Å². The molecular formula is C23H50O7Si2. The van der Waals surface area contributed by atoms with Gasteiger partial charge in [-0.3, -0.25) is 4.79 Å². The van der Waals surface area contributed by atoms with Gasteiger partial charge in [-0.25, -0.2) is 0 Å². The second-order valence-electron chi connectivity index (χ2n) is 11.3. The molecule has 0 aromatic heterocycles. The van der Waals surface area contributed by atoms with Gasteiger partial charge in [-0.1, -0.05) is 46.2 Å². The monoisotopic (exact) mass is 494 g/mol. The van der Waals surface area contributed by atoms with Gasteiger partial charge >= 0.3 is 5.97 Å². The molecule has 0 fully saturated rings. The van der Waals surface area contributed by atoms with Gasteiger partial charge in [0.25, 0.3) is 0 Å². The first-order valence-electron chi connectivity index (χ1n) is 11.8.